The highest BCUT2D eigenvalue weighted by molar-refractivity contribution is 7.99. The van der Waals surface area contributed by atoms with E-state index in [0.717, 1.165) is 37.6 Å². The Morgan fingerprint density at radius 2 is 1.73 bits per heavy atom. The first-order chi connectivity index (χ1) is 6.99. The molecule has 0 aliphatic carbocycles. The van der Waals surface area contributed by atoms with E-state index in [-0.39, 0.29) is 0 Å². The molecule has 0 aromatic rings. The Hall–Kier alpha value is 0.230. The molecule has 0 spiro atoms. The van der Waals surface area contributed by atoms with Crippen LogP contribution in [0.15, 0.2) is 0 Å². The van der Waals surface area contributed by atoms with Gasteiger partial charge in [-0.1, -0.05) is 13.8 Å². The SMILES string of the molecule is CCN(CC)CCSCCCC(C)(O)O. The fraction of sp³-hybridized carbons (Fsp3) is 1.00. The van der Waals surface area contributed by atoms with Gasteiger partial charge in [-0.3, -0.25) is 0 Å². The zero-order valence-electron chi connectivity index (χ0n) is 10.2. The van der Waals surface area contributed by atoms with E-state index in [1.165, 1.54) is 6.92 Å². The summed E-state index contributed by atoms with van der Waals surface area (Å²) in [5, 5.41) is 18.2. The van der Waals surface area contributed by atoms with Gasteiger partial charge in [0, 0.05) is 18.7 Å². The van der Waals surface area contributed by atoms with Crippen LogP contribution in [0.5, 0.6) is 0 Å². The van der Waals surface area contributed by atoms with E-state index in [0.29, 0.717) is 6.42 Å². The van der Waals surface area contributed by atoms with Gasteiger partial charge in [0.15, 0.2) is 5.79 Å². The van der Waals surface area contributed by atoms with Gasteiger partial charge < -0.3 is 15.1 Å². The quantitative estimate of drug-likeness (QED) is 0.470. The standard InChI is InChI=1S/C11H25NO2S/c1-4-12(5-2)8-10-15-9-6-7-11(3,13)14/h13-14H,4-10H2,1-3H3. The second kappa shape index (κ2) is 8.39. The van der Waals surface area contributed by atoms with Crippen molar-refractivity contribution in [3.05, 3.63) is 0 Å². The molecule has 2 N–H and O–H groups in total. The normalized spacial score (nSPS) is 12.4. The maximum Gasteiger partial charge on any atom is 0.159 e. The molecular weight excluding hydrogens is 210 g/mol. The van der Waals surface area contributed by atoms with Crippen molar-refractivity contribution in [2.24, 2.45) is 0 Å². The van der Waals surface area contributed by atoms with Crippen molar-refractivity contribution < 1.29 is 10.2 Å². The van der Waals surface area contributed by atoms with Crippen molar-refractivity contribution in [2.75, 3.05) is 31.1 Å². The second-order valence-corrected chi connectivity index (χ2v) is 5.18. The molecule has 0 fully saturated rings. The van der Waals surface area contributed by atoms with Crippen molar-refractivity contribution in [3.63, 3.8) is 0 Å². The van der Waals surface area contributed by atoms with Gasteiger partial charge in [0.2, 0.25) is 0 Å². The fourth-order valence-electron chi connectivity index (χ4n) is 1.34. The van der Waals surface area contributed by atoms with E-state index >= 15 is 0 Å². The minimum Gasteiger partial charge on any atom is -0.366 e. The molecule has 0 heterocycles. The maximum atomic E-state index is 9.08. The number of rotatable bonds is 9. The smallest absolute Gasteiger partial charge is 0.159 e. The molecular formula is C11H25NO2S. The van der Waals surface area contributed by atoms with Crippen LogP contribution in [0.25, 0.3) is 0 Å². The van der Waals surface area contributed by atoms with Gasteiger partial charge in [-0.05, 0) is 32.2 Å². The number of nitrogens with zero attached hydrogens (tertiary/aromatic N) is 1. The zero-order valence-corrected chi connectivity index (χ0v) is 11.0. The molecule has 0 rings (SSSR count). The lowest BCUT2D eigenvalue weighted by molar-refractivity contribution is -0.149. The first-order valence-electron chi connectivity index (χ1n) is 5.74. The van der Waals surface area contributed by atoms with Crippen LogP contribution in [0.1, 0.15) is 33.6 Å². The van der Waals surface area contributed by atoms with Gasteiger partial charge in [0.1, 0.15) is 0 Å². The van der Waals surface area contributed by atoms with E-state index in [1.54, 1.807) is 0 Å². The molecule has 3 nitrogen and oxygen atoms in total. The monoisotopic (exact) mass is 235 g/mol. The lowest BCUT2D eigenvalue weighted by Crippen LogP contribution is -2.25. The number of thioether (sulfide) groups is 1. The molecule has 0 aromatic carbocycles. The highest BCUT2D eigenvalue weighted by Crippen LogP contribution is 2.11. The number of hydrogen-bond donors (Lipinski definition) is 2. The molecule has 0 amide bonds. The molecule has 0 aliphatic heterocycles. The molecule has 0 saturated heterocycles. The third-order valence-electron chi connectivity index (χ3n) is 2.39. The zero-order chi connectivity index (χ0) is 11.7. The summed E-state index contributed by atoms with van der Waals surface area (Å²) in [5.41, 5.74) is 0. The highest BCUT2D eigenvalue weighted by Gasteiger charge is 2.13. The van der Waals surface area contributed by atoms with Gasteiger partial charge in [-0.25, -0.2) is 0 Å². The average Bonchev–Trinajstić information content (AvgIpc) is 2.15. The van der Waals surface area contributed by atoms with Crippen LogP contribution >= 0.6 is 11.8 Å². The van der Waals surface area contributed by atoms with Crippen LogP contribution in [-0.2, 0) is 0 Å². The van der Waals surface area contributed by atoms with Gasteiger partial charge >= 0.3 is 0 Å². The van der Waals surface area contributed by atoms with E-state index in [1.807, 2.05) is 11.8 Å². The third-order valence-corrected chi connectivity index (χ3v) is 3.43. The molecule has 4 heteroatoms. The van der Waals surface area contributed by atoms with Crippen LogP contribution in [-0.4, -0.2) is 52.0 Å². The minimum atomic E-state index is -1.49. The molecule has 15 heavy (non-hydrogen) atoms. The van der Waals surface area contributed by atoms with E-state index in [2.05, 4.69) is 18.7 Å². The molecule has 0 radical (unpaired) electrons. The van der Waals surface area contributed by atoms with Crippen molar-refractivity contribution in [2.45, 2.75) is 39.4 Å². The Balaban J connectivity index is 3.25. The summed E-state index contributed by atoms with van der Waals surface area (Å²) in [6.07, 6.45) is 1.33. The summed E-state index contributed by atoms with van der Waals surface area (Å²) in [4.78, 5) is 2.40. The Labute approximate surface area is 97.9 Å². The molecule has 0 aromatic heterocycles. The van der Waals surface area contributed by atoms with Crippen LogP contribution in [0.4, 0.5) is 0 Å². The molecule has 0 saturated carbocycles. The summed E-state index contributed by atoms with van der Waals surface area (Å²) in [5.74, 6) is 0.659. The van der Waals surface area contributed by atoms with Crippen LogP contribution in [0, 0.1) is 0 Å². The second-order valence-electron chi connectivity index (χ2n) is 3.96. The van der Waals surface area contributed by atoms with Crippen LogP contribution in [0.2, 0.25) is 0 Å². The summed E-state index contributed by atoms with van der Waals surface area (Å²) < 4.78 is 0. The van der Waals surface area contributed by atoms with Crippen molar-refractivity contribution in [3.8, 4) is 0 Å². The minimum absolute atomic E-state index is 0.464. The van der Waals surface area contributed by atoms with Crippen LogP contribution in [0.3, 0.4) is 0 Å². The maximum absolute atomic E-state index is 9.08. The molecule has 0 unspecified atom stereocenters. The average molecular weight is 235 g/mol. The summed E-state index contributed by atoms with van der Waals surface area (Å²) >= 11 is 1.89. The number of hydrogen-bond acceptors (Lipinski definition) is 4. The largest absolute Gasteiger partial charge is 0.366 e. The Kier molecular flexibility index (Phi) is 8.52. The third kappa shape index (κ3) is 10.5. The van der Waals surface area contributed by atoms with E-state index < -0.39 is 5.79 Å². The summed E-state index contributed by atoms with van der Waals surface area (Å²) in [6.45, 7) is 9.15. The molecule has 0 bridgehead atoms. The highest BCUT2D eigenvalue weighted by atomic mass is 32.2. The first kappa shape index (κ1) is 15.2. The van der Waals surface area contributed by atoms with Crippen molar-refractivity contribution in [1.82, 2.24) is 4.90 Å². The first-order valence-corrected chi connectivity index (χ1v) is 6.90. The molecule has 0 atom stereocenters. The Morgan fingerprint density at radius 1 is 1.13 bits per heavy atom. The van der Waals surface area contributed by atoms with E-state index in [9.17, 15) is 0 Å². The predicted molar refractivity (Wildman–Crippen MR) is 67.2 cm³/mol. The molecule has 0 aliphatic rings. The Morgan fingerprint density at radius 3 is 2.20 bits per heavy atom. The molecule has 92 valence electrons. The number of aliphatic hydroxyl groups is 2. The summed E-state index contributed by atoms with van der Waals surface area (Å²) in [6, 6.07) is 0. The predicted octanol–water partition coefficient (Wildman–Crippen LogP) is 1.54. The van der Waals surface area contributed by atoms with Gasteiger partial charge in [-0.15, -0.1) is 0 Å². The van der Waals surface area contributed by atoms with E-state index in [4.69, 9.17) is 10.2 Å². The van der Waals surface area contributed by atoms with Gasteiger partial charge in [0.05, 0.1) is 0 Å². The van der Waals surface area contributed by atoms with Crippen molar-refractivity contribution in [1.29, 1.82) is 0 Å². The lowest BCUT2D eigenvalue weighted by atomic mass is 10.2. The van der Waals surface area contributed by atoms with Crippen LogP contribution < -0.4 is 0 Å². The lowest BCUT2D eigenvalue weighted by Gasteiger charge is -2.18. The van der Waals surface area contributed by atoms with Gasteiger partial charge in [-0.2, -0.15) is 11.8 Å². The van der Waals surface area contributed by atoms with Gasteiger partial charge in [0.25, 0.3) is 0 Å². The van der Waals surface area contributed by atoms with Crippen molar-refractivity contribution >= 4 is 11.8 Å². The summed E-state index contributed by atoms with van der Waals surface area (Å²) in [7, 11) is 0. The Bertz CT molecular complexity index is 144. The fourth-order valence-corrected chi connectivity index (χ4v) is 2.28. The topological polar surface area (TPSA) is 43.7 Å².